The van der Waals surface area contributed by atoms with Gasteiger partial charge in [-0.25, -0.2) is 4.98 Å². The largest absolute Gasteiger partial charge is 0.497 e. The second-order valence-corrected chi connectivity index (χ2v) is 6.97. The van der Waals surface area contributed by atoms with Crippen molar-refractivity contribution in [2.24, 2.45) is 5.73 Å². The number of halogens is 2. The van der Waals surface area contributed by atoms with Crippen molar-refractivity contribution in [3.8, 4) is 11.5 Å². The van der Waals surface area contributed by atoms with Crippen molar-refractivity contribution in [3.05, 3.63) is 77.9 Å². The molecule has 0 spiro atoms. The van der Waals surface area contributed by atoms with Crippen LogP contribution in [-0.2, 0) is 6.54 Å². The summed E-state index contributed by atoms with van der Waals surface area (Å²) in [5, 5.41) is 3.28. The Bertz CT molecular complexity index is 1240. The number of benzene rings is 3. The second kappa shape index (κ2) is 8.93. The zero-order chi connectivity index (χ0) is 22.7. The molecular formula is C23H20F2N4O3. The maximum atomic E-state index is 12.4. The van der Waals surface area contributed by atoms with Gasteiger partial charge in [-0.15, -0.1) is 0 Å². The van der Waals surface area contributed by atoms with Crippen molar-refractivity contribution in [3.63, 3.8) is 0 Å². The first kappa shape index (κ1) is 21.1. The Morgan fingerprint density at radius 2 is 1.75 bits per heavy atom. The standard InChI is InChI=1S/C23H20F2N4O3/c1-31-17-9-5-16(6-10-17)27-23-28-19-12-15(21(26)30)4-11-20(19)29(23)13-14-2-7-18(8-3-14)32-22(24)25/h2-12,22H,13H2,1H3,(H2,26,30)(H,27,28). The number of hydrogen-bond acceptors (Lipinski definition) is 5. The van der Waals surface area contributed by atoms with Gasteiger partial charge in [-0.3, -0.25) is 4.79 Å². The lowest BCUT2D eigenvalue weighted by molar-refractivity contribution is -0.0498. The fourth-order valence-corrected chi connectivity index (χ4v) is 3.30. The van der Waals surface area contributed by atoms with E-state index in [1.165, 1.54) is 12.1 Å². The molecule has 1 heterocycles. The zero-order valence-electron chi connectivity index (χ0n) is 17.1. The smallest absolute Gasteiger partial charge is 0.387 e. The molecule has 7 nitrogen and oxygen atoms in total. The van der Waals surface area contributed by atoms with Crippen LogP contribution in [0.1, 0.15) is 15.9 Å². The maximum Gasteiger partial charge on any atom is 0.387 e. The van der Waals surface area contributed by atoms with E-state index < -0.39 is 12.5 Å². The molecule has 0 aliphatic heterocycles. The van der Waals surface area contributed by atoms with E-state index in [-0.39, 0.29) is 5.75 Å². The molecular weight excluding hydrogens is 418 g/mol. The molecule has 3 N–H and O–H groups in total. The maximum absolute atomic E-state index is 12.4. The highest BCUT2D eigenvalue weighted by Gasteiger charge is 2.14. The Hall–Kier alpha value is -4.14. The van der Waals surface area contributed by atoms with Crippen LogP contribution in [0, 0.1) is 0 Å². The number of amides is 1. The van der Waals surface area contributed by atoms with Gasteiger partial charge in [0, 0.05) is 11.3 Å². The molecule has 0 saturated carbocycles. The summed E-state index contributed by atoms with van der Waals surface area (Å²) < 4.78 is 36.4. The van der Waals surface area contributed by atoms with Crippen LogP contribution in [0.3, 0.4) is 0 Å². The molecule has 9 heteroatoms. The molecule has 0 aliphatic carbocycles. The number of carbonyl (C=O) groups excluding carboxylic acids is 1. The quantitative estimate of drug-likeness (QED) is 0.422. The number of nitrogens with zero attached hydrogens (tertiary/aromatic N) is 2. The van der Waals surface area contributed by atoms with E-state index in [9.17, 15) is 13.6 Å². The lowest BCUT2D eigenvalue weighted by atomic mass is 10.2. The highest BCUT2D eigenvalue weighted by Crippen LogP contribution is 2.26. The number of rotatable bonds is 8. The average molecular weight is 438 g/mol. The van der Waals surface area contributed by atoms with Crippen molar-refractivity contribution >= 4 is 28.6 Å². The van der Waals surface area contributed by atoms with Crippen LogP contribution in [0.5, 0.6) is 11.5 Å². The molecule has 4 rings (SSSR count). The van der Waals surface area contributed by atoms with Gasteiger partial charge < -0.3 is 25.1 Å². The molecule has 1 amide bonds. The minimum atomic E-state index is -2.88. The number of alkyl halides is 2. The van der Waals surface area contributed by atoms with Gasteiger partial charge in [-0.05, 0) is 60.2 Å². The van der Waals surface area contributed by atoms with Crippen LogP contribution in [0.25, 0.3) is 11.0 Å². The molecule has 3 aromatic carbocycles. The Morgan fingerprint density at radius 3 is 2.38 bits per heavy atom. The summed E-state index contributed by atoms with van der Waals surface area (Å²) in [4.78, 5) is 16.2. The lowest BCUT2D eigenvalue weighted by Crippen LogP contribution is -2.10. The van der Waals surface area contributed by atoms with Crippen LogP contribution < -0.4 is 20.5 Å². The van der Waals surface area contributed by atoms with Crippen molar-refractivity contribution in [1.82, 2.24) is 9.55 Å². The summed E-state index contributed by atoms with van der Waals surface area (Å²) in [5.41, 5.74) is 8.77. The third kappa shape index (κ3) is 4.61. The number of methoxy groups -OCH3 is 1. The van der Waals surface area contributed by atoms with Gasteiger partial charge in [0.15, 0.2) is 0 Å². The van der Waals surface area contributed by atoms with Crippen LogP contribution in [-0.4, -0.2) is 29.2 Å². The molecule has 0 unspecified atom stereocenters. The van der Waals surface area contributed by atoms with Crippen LogP contribution in [0.4, 0.5) is 20.4 Å². The van der Waals surface area contributed by atoms with E-state index in [1.54, 1.807) is 37.4 Å². The Kier molecular flexibility index (Phi) is 5.89. The molecule has 0 saturated heterocycles. The lowest BCUT2D eigenvalue weighted by Gasteiger charge is -2.12. The number of fused-ring (bicyclic) bond motifs is 1. The van der Waals surface area contributed by atoms with Gasteiger partial charge in [0.25, 0.3) is 0 Å². The monoisotopic (exact) mass is 438 g/mol. The number of ether oxygens (including phenoxy) is 2. The number of hydrogen-bond donors (Lipinski definition) is 2. The molecule has 1 aromatic heterocycles. The van der Waals surface area contributed by atoms with E-state index in [0.717, 1.165) is 22.5 Å². The predicted molar refractivity (Wildman–Crippen MR) is 117 cm³/mol. The summed E-state index contributed by atoms with van der Waals surface area (Å²) in [6, 6.07) is 18.8. The van der Waals surface area contributed by atoms with Crippen molar-refractivity contribution in [2.75, 3.05) is 12.4 Å². The second-order valence-electron chi connectivity index (χ2n) is 6.97. The number of carbonyl (C=O) groups is 1. The van der Waals surface area contributed by atoms with Crippen molar-refractivity contribution < 1.29 is 23.0 Å². The SMILES string of the molecule is COc1ccc(Nc2nc3cc(C(N)=O)ccc3n2Cc2ccc(OC(F)F)cc2)cc1. The first-order valence-corrected chi connectivity index (χ1v) is 9.68. The minimum absolute atomic E-state index is 0.0851. The molecule has 0 atom stereocenters. The summed E-state index contributed by atoms with van der Waals surface area (Å²) in [6.45, 7) is -2.47. The van der Waals surface area contributed by atoms with E-state index in [2.05, 4.69) is 15.0 Å². The van der Waals surface area contributed by atoms with Gasteiger partial charge >= 0.3 is 6.61 Å². The number of imidazole rings is 1. The number of nitrogens with two attached hydrogens (primary N) is 1. The Balaban J connectivity index is 1.70. The third-order valence-corrected chi connectivity index (χ3v) is 4.87. The summed E-state index contributed by atoms with van der Waals surface area (Å²) in [7, 11) is 1.59. The summed E-state index contributed by atoms with van der Waals surface area (Å²) >= 11 is 0. The number of primary amides is 1. The van der Waals surface area contributed by atoms with Gasteiger partial charge in [-0.2, -0.15) is 8.78 Å². The summed E-state index contributed by atoms with van der Waals surface area (Å²) in [6.07, 6.45) is 0. The minimum Gasteiger partial charge on any atom is -0.497 e. The van der Waals surface area contributed by atoms with Gasteiger partial charge in [-0.1, -0.05) is 12.1 Å². The number of nitrogens with one attached hydrogen (secondary N) is 1. The first-order valence-electron chi connectivity index (χ1n) is 9.68. The van der Waals surface area contributed by atoms with E-state index in [1.807, 2.05) is 28.8 Å². The average Bonchev–Trinajstić information content (AvgIpc) is 3.11. The molecule has 164 valence electrons. The summed E-state index contributed by atoms with van der Waals surface area (Å²) in [5.74, 6) is 0.809. The highest BCUT2D eigenvalue weighted by molar-refractivity contribution is 5.96. The molecule has 0 radical (unpaired) electrons. The molecule has 4 aromatic rings. The fraction of sp³-hybridized carbons (Fsp3) is 0.130. The van der Waals surface area contributed by atoms with Crippen molar-refractivity contribution in [1.29, 1.82) is 0 Å². The number of anilines is 2. The van der Waals surface area contributed by atoms with Crippen LogP contribution >= 0.6 is 0 Å². The van der Waals surface area contributed by atoms with Gasteiger partial charge in [0.1, 0.15) is 11.5 Å². The third-order valence-electron chi connectivity index (χ3n) is 4.87. The zero-order valence-corrected chi connectivity index (χ0v) is 17.1. The topological polar surface area (TPSA) is 91.4 Å². The van der Waals surface area contributed by atoms with E-state index in [0.29, 0.717) is 23.6 Å². The van der Waals surface area contributed by atoms with Gasteiger partial charge in [0.05, 0.1) is 24.7 Å². The highest BCUT2D eigenvalue weighted by atomic mass is 19.3. The van der Waals surface area contributed by atoms with Crippen LogP contribution in [0.2, 0.25) is 0 Å². The Morgan fingerprint density at radius 1 is 1.06 bits per heavy atom. The molecule has 32 heavy (non-hydrogen) atoms. The molecule has 0 bridgehead atoms. The first-order chi connectivity index (χ1) is 15.4. The van der Waals surface area contributed by atoms with Crippen LogP contribution in [0.15, 0.2) is 66.7 Å². The molecule has 0 aliphatic rings. The Labute approximate surface area is 182 Å². The number of aromatic nitrogens is 2. The van der Waals surface area contributed by atoms with E-state index in [4.69, 9.17) is 10.5 Å². The van der Waals surface area contributed by atoms with Gasteiger partial charge in [0.2, 0.25) is 11.9 Å². The van der Waals surface area contributed by atoms with E-state index >= 15 is 0 Å². The van der Waals surface area contributed by atoms with Crippen molar-refractivity contribution in [2.45, 2.75) is 13.2 Å². The normalized spacial score (nSPS) is 11.0. The predicted octanol–water partition coefficient (Wildman–Crippen LogP) is 4.54. The fourth-order valence-electron chi connectivity index (χ4n) is 3.30. The molecule has 0 fully saturated rings.